The van der Waals surface area contributed by atoms with Gasteiger partial charge in [0.1, 0.15) is 0 Å². The molecule has 0 bridgehead atoms. The SMILES string of the molecule is O=C(CC1CSCCN1)Nc1cc(C(F)(F)F)ccc1N1CCCCC1. The number of piperidine rings is 1. The van der Waals surface area contributed by atoms with E-state index in [2.05, 4.69) is 15.5 Å². The monoisotopic (exact) mass is 387 g/mol. The molecule has 0 saturated carbocycles. The van der Waals surface area contributed by atoms with E-state index < -0.39 is 11.7 Å². The van der Waals surface area contributed by atoms with E-state index in [0.717, 1.165) is 62.5 Å². The summed E-state index contributed by atoms with van der Waals surface area (Å²) < 4.78 is 39.3. The fraction of sp³-hybridized carbons (Fsp3) is 0.611. The first-order valence-corrected chi connectivity index (χ1v) is 10.2. The smallest absolute Gasteiger partial charge is 0.370 e. The van der Waals surface area contributed by atoms with Crippen LogP contribution in [0.1, 0.15) is 31.2 Å². The van der Waals surface area contributed by atoms with E-state index >= 15 is 0 Å². The van der Waals surface area contributed by atoms with Gasteiger partial charge in [-0.3, -0.25) is 4.79 Å². The third-order valence-electron chi connectivity index (χ3n) is 4.72. The number of alkyl halides is 3. The average Bonchev–Trinajstić information content (AvgIpc) is 2.62. The van der Waals surface area contributed by atoms with Gasteiger partial charge in [0.2, 0.25) is 5.91 Å². The summed E-state index contributed by atoms with van der Waals surface area (Å²) >= 11 is 1.78. The van der Waals surface area contributed by atoms with Gasteiger partial charge in [-0.2, -0.15) is 24.9 Å². The number of anilines is 2. The van der Waals surface area contributed by atoms with E-state index in [-0.39, 0.29) is 24.1 Å². The molecule has 144 valence electrons. The van der Waals surface area contributed by atoms with Crippen LogP contribution in [-0.4, -0.2) is 43.1 Å². The topological polar surface area (TPSA) is 44.4 Å². The zero-order chi connectivity index (χ0) is 18.6. The highest BCUT2D eigenvalue weighted by Crippen LogP contribution is 2.36. The Bertz CT molecular complexity index is 627. The van der Waals surface area contributed by atoms with Crippen LogP contribution in [0.5, 0.6) is 0 Å². The molecule has 1 aromatic rings. The summed E-state index contributed by atoms with van der Waals surface area (Å²) in [6, 6.07) is 3.71. The summed E-state index contributed by atoms with van der Waals surface area (Å²) in [7, 11) is 0. The lowest BCUT2D eigenvalue weighted by Crippen LogP contribution is -2.40. The number of carbonyl (C=O) groups is 1. The number of rotatable bonds is 4. The summed E-state index contributed by atoms with van der Waals surface area (Å²) in [4.78, 5) is 14.5. The first-order valence-electron chi connectivity index (χ1n) is 9.00. The van der Waals surface area contributed by atoms with Gasteiger partial charge < -0.3 is 15.5 Å². The highest BCUT2D eigenvalue weighted by atomic mass is 32.2. The Morgan fingerprint density at radius 3 is 2.69 bits per heavy atom. The van der Waals surface area contributed by atoms with Crippen LogP contribution in [0.25, 0.3) is 0 Å². The maximum atomic E-state index is 13.1. The van der Waals surface area contributed by atoms with E-state index in [1.807, 2.05) is 0 Å². The van der Waals surface area contributed by atoms with Gasteiger partial charge in [-0.15, -0.1) is 0 Å². The fourth-order valence-corrected chi connectivity index (χ4v) is 4.35. The number of amides is 1. The van der Waals surface area contributed by atoms with Crippen LogP contribution in [0.2, 0.25) is 0 Å². The minimum absolute atomic E-state index is 0.0676. The largest absolute Gasteiger partial charge is 0.416 e. The number of hydrogen-bond donors (Lipinski definition) is 2. The normalized spacial score (nSPS) is 21.5. The van der Waals surface area contributed by atoms with Gasteiger partial charge in [-0.1, -0.05) is 0 Å². The number of halogens is 3. The molecule has 2 N–H and O–H groups in total. The number of nitrogens with zero attached hydrogens (tertiary/aromatic N) is 1. The first-order chi connectivity index (χ1) is 12.4. The minimum Gasteiger partial charge on any atom is -0.370 e. The van der Waals surface area contributed by atoms with E-state index in [1.165, 1.54) is 6.07 Å². The van der Waals surface area contributed by atoms with Crippen LogP contribution in [-0.2, 0) is 11.0 Å². The molecule has 0 spiro atoms. The van der Waals surface area contributed by atoms with Crippen molar-refractivity contribution in [1.82, 2.24) is 5.32 Å². The van der Waals surface area contributed by atoms with Crippen molar-refractivity contribution in [3.63, 3.8) is 0 Å². The van der Waals surface area contributed by atoms with Crippen molar-refractivity contribution < 1.29 is 18.0 Å². The summed E-state index contributed by atoms with van der Waals surface area (Å²) in [5.74, 6) is 1.61. The number of nitrogens with one attached hydrogen (secondary N) is 2. The Kier molecular flexibility index (Phi) is 6.34. The van der Waals surface area contributed by atoms with Gasteiger partial charge in [-0.25, -0.2) is 0 Å². The fourth-order valence-electron chi connectivity index (χ4n) is 3.40. The minimum atomic E-state index is -4.43. The lowest BCUT2D eigenvalue weighted by Gasteiger charge is -2.31. The van der Waals surface area contributed by atoms with Crippen molar-refractivity contribution >= 4 is 29.0 Å². The van der Waals surface area contributed by atoms with Gasteiger partial charge in [0, 0.05) is 43.6 Å². The molecule has 1 atom stereocenters. The predicted molar refractivity (Wildman–Crippen MR) is 99.9 cm³/mol. The molecule has 2 saturated heterocycles. The highest BCUT2D eigenvalue weighted by molar-refractivity contribution is 7.99. The molecule has 2 heterocycles. The summed E-state index contributed by atoms with van der Waals surface area (Å²) in [6.45, 7) is 2.45. The van der Waals surface area contributed by atoms with Gasteiger partial charge in [0.25, 0.3) is 0 Å². The Hall–Kier alpha value is -1.41. The second-order valence-corrected chi connectivity index (χ2v) is 7.91. The van der Waals surface area contributed by atoms with Gasteiger partial charge in [-0.05, 0) is 37.5 Å². The summed E-state index contributed by atoms with van der Waals surface area (Å²) in [5, 5.41) is 6.02. The molecular weight excluding hydrogens is 363 g/mol. The molecule has 1 unspecified atom stereocenters. The van der Waals surface area contributed by atoms with E-state index in [1.54, 1.807) is 11.8 Å². The van der Waals surface area contributed by atoms with Crippen molar-refractivity contribution in [3.8, 4) is 0 Å². The number of hydrogen-bond acceptors (Lipinski definition) is 4. The quantitative estimate of drug-likeness (QED) is 0.826. The van der Waals surface area contributed by atoms with E-state index in [9.17, 15) is 18.0 Å². The van der Waals surface area contributed by atoms with Gasteiger partial charge in [0.05, 0.1) is 16.9 Å². The van der Waals surface area contributed by atoms with Crippen LogP contribution in [0, 0.1) is 0 Å². The molecule has 8 heteroatoms. The Morgan fingerprint density at radius 2 is 2.04 bits per heavy atom. The summed E-state index contributed by atoms with van der Waals surface area (Å²) in [6.07, 6.45) is -1.01. The molecule has 0 aromatic heterocycles. The lowest BCUT2D eigenvalue weighted by molar-refractivity contribution is -0.137. The molecule has 26 heavy (non-hydrogen) atoms. The van der Waals surface area contributed by atoms with Crippen molar-refractivity contribution in [2.75, 3.05) is 41.4 Å². The Morgan fingerprint density at radius 1 is 1.27 bits per heavy atom. The first kappa shape index (κ1) is 19.4. The van der Waals surface area contributed by atoms with Crippen LogP contribution < -0.4 is 15.5 Å². The average molecular weight is 387 g/mol. The lowest BCUT2D eigenvalue weighted by atomic mass is 10.1. The van der Waals surface area contributed by atoms with Crippen LogP contribution >= 0.6 is 11.8 Å². The second-order valence-electron chi connectivity index (χ2n) is 6.76. The Labute approximate surface area is 155 Å². The molecule has 2 fully saturated rings. The zero-order valence-electron chi connectivity index (χ0n) is 14.6. The molecule has 3 rings (SSSR count). The molecule has 2 aliphatic rings. The van der Waals surface area contributed by atoms with Crippen LogP contribution in [0.4, 0.5) is 24.5 Å². The molecule has 2 aliphatic heterocycles. The van der Waals surface area contributed by atoms with E-state index in [4.69, 9.17) is 0 Å². The highest BCUT2D eigenvalue weighted by Gasteiger charge is 2.32. The Balaban J connectivity index is 1.78. The maximum absolute atomic E-state index is 13.1. The van der Waals surface area contributed by atoms with Crippen molar-refractivity contribution in [2.45, 2.75) is 37.9 Å². The van der Waals surface area contributed by atoms with E-state index in [0.29, 0.717) is 5.69 Å². The number of carbonyl (C=O) groups excluding carboxylic acids is 1. The molecule has 1 aromatic carbocycles. The zero-order valence-corrected chi connectivity index (χ0v) is 15.4. The van der Waals surface area contributed by atoms with Crippen molar-refractivity contribution in [1.29, 1.82) is 0 Å². The standard InChI is InChI=1S/C18H24F3N3OS/c19-18(20,21)13-4-5-16(24-7-2-1-3-8-24)15(10-13)23-17(25)11-14-12-26-9-6-22-14/h4-5,10,14,22H,1-3,6-9,11-12H2,(H,23,25). The molecule has 0 aliphatic carbocycles. The van der Waals surface area contributed by atoms with Crippen LogP contribution in [0.15, 0.2) is 18.2 Å². The molecule has 4 nitrogen and oxygen atoms in total. The second kappa shape index (κ2) is 8.52. The van der Waals surface area contributed by atoms with Gasteiger partial charge in [0.15, 0.2) is 0 Å². The summed E-state index contributed by atoms with van der Waals surface area (Å²) in [5.41, 5.74) is 0.201. The maximum Gasteiger partial charge on any atom is 0.416 e. The van der Waals surface area contributed by atoms with Gasteiger partial charge >= 0.3 is 6.18 Å². The molecule has 1 amide bonds. The predicted octanol–water partition coefficient (Wildman–Crippen LogP) is 3.73. The third kappa shape index (κ3) is 5.07. The number of thioether (sulfide) groups is 1. The third-order valence-corrected chi connectivity index (χ3v) is 5.86. The van der Waals surface area contributed by atoms with Crippen molar-refractivity contribution in [2.24, 2.45) is 0 Å². The molecular formula is C18H24F3N3OS. The molecule has 0 radical (unpaired) electrons. The van der Waals surface area contributed by atoms with Crippen molar-refractivity contribution in [3.05, 3.63) is 23.8 Å². The van der Waals surface area contributed by atoms with Crippen LogP contribution in [0.3, 0.4) is 0 Å². The number of benzene rings is 1.